The fourth-order valence-corrected chi connectivity index (χ4v) is 2.71. The van der Waals surface area contributed by atoms with Crippen molar-refractivity contribution in [3.63, 3.8) is 0 Å². The molecule has 0 saturated carbocycles. The zero-order valence-corrected chi connectivity index (χ0v) is 10.9. The lowest BCUT2D eigenvalue weighted by atomic mass is 10.1. The van der Waals surface area contributed by atoms with Crippen LogP contribution in [-0.2, 0) is 9.59 Å². The number of carbonyl (C=O) groups excluding carboxylic acids is 2. The summed E-state index contributed by atoms with van der Waals surface area (Å²) >= 11 is 0. The molecule has 2 rings (SSSR count). The molecule has 2 N–H and O–H groups in total. The molecule has 102 valence electrons. The van der Waals surface area contributed by atoms with Gasteiger partial charge in [-0.3, -0.25) is 9.59 Å². The van der Waals surface area contributed by atoms with Crippen molar-refractivity contribution in [3.05, 3.63) is 0 Å². The number of piperidine rings is 1. The van der Waals surface area contributed by atoms with Crippen molar-refractivity contribution >= 4 is 11.8 Å². The molecule has 5 nitrogen and oxygen atoms in total. The molecule has 0 spiro atoms. The highest BCUT2D eigenvalue weighted by atomic mass is 16.2. The summed E-state index contributed by atoms with van der Waals surface area (Å²) in [7, 11) is 0. The topological polar surface area (TPSA) is 66.6 Å². The van der Waals surface area contributed by atoms with E-state index >= 15 is 0 Å². The molecule has 2 aliphatic heterocycles. The van der Waals surface area contributed by atoms with E-state index in [0.717, 1.165) is 38.8 Å². The second kappa shape index (κ2) is 6.18. The Morgan fingerprint density at radius 3 is 2.44 bits per heavy atom. The van der Waals surface area contributed by atoms with Crippen molar-refractivity contribution in [2.24, 2.45) is 5.73 Å². The lowest BCUT2D eigenvalue weighted by Gasteiger charge is -2.31. The SMILES string of the molecule is N[C@@H]1CCCN(CC(=O)N2CCCCCC2)C1=O. The fraction of sp³-hybridized carbons (Fsp3) is 0.846. The molecule has 2 amide bonds. The summed E-state index contributed by atoms with van der Waals surface area (Å²) in [4.78, 5) is 27.5. The molecule has 0 radical (unpaired) electrons. The van der Waals surface area contributed by atoms with Gasteiger partial charge in [0, 0.05) is 19.6 Å². The van der Waals surface area contributed by atoms with Crippen LogP contribution in [0.1, 0.15) is 38.5 Å². The molecule has 18 heavy (non-hydrogen) atoms. The van der Waals surface area contributed by atoms with Gasteiger partial charge >= 0.3 is 0 Å². The van der Waals surface area contributed by atoms with Gasteiger partial charge in [0.25, 0.3) is 0 Å². The fourth-order valence-electron chi connectivity index (χ4n) is 2.71. The average molecular weight is 253 g/mol. The van der Waals surface area contributed by atoms with E-state index in [0.29, 0.717) is 6.54 Å². The van der Waals surface area contributed by atoms with Gasteiger partial charge in [-0.05, 0) is 25.7 Å². The van der Waals surface area contributed by atoms with E-state index in [1.807, 2.05) is 4.90 Å². The predicted octanol–water partition coefficient (Wildman–Crippen LogP) is 0.339. The van der Waals surface area contributed by atoms with Crippen molar-refractivity contribution in [3.8, 4) is 0 Å². The molecule has 0 aromatic heterocycles. The van der Waals surface area contributed by atoms with Crippen molar-refractivity contribution in [1.29, 1.82) is 0 Å². The Morgan fingerprint density at radius 1 is 1.11 bits per heavy atom. The summed E-state index contributed by atoms with van der Waals surface area (Å²) in [6.07, 6.45) is 6.22. The second-order valence-electron chi connectivity index (χ2n) is 5.30. The number of nitrogens with two attached hydrogens (primary N) is 1. The second-order valence-corrected chi connectivity index (χ2v) is 5.30. The number of hydrogen-bond donors (Lipinski definition) is 1. The Kier molecular flexibility index (Phi) is 4.58. The van der Waals surface area contributed by atoms with Crippen LogP contribution in [0.25, 0.3) is 0 Å². The normalized spacial score (nSPS) is 26.1. The smallest absolute Gasteiger partial charge is 0.242 e. The number of hydrogen-bond acceptors (Lipinski definition) is 3. The van der Waals surface area contributed by atoms with Gasteiger partial charge < -0.3 is 15.5 Å². The largest absolute Gasteiger partial charge is 0.341 e. The van der Waals surface area contributed by atoms with E-state index in [1.54, 1.807) is 4.90 Å². The van der Waals surface area contributed by atoms with E-state index < -0.39 is 6.04 Å². The Bertz CT molecular complexity index is 311. The number of carbonyl (C=O) groups is 2. The van der Waals surface area contributed by atoms with E-state index in [9.17, 15) is 9.59 Å². The minimum absolute atomic E-state index is 0.0654. The lowest BCUT2D eigenvalue weighted by molar-refractivity contribution is -0.142. The summed E-state index contributed by atoms with van der Waals surface area (Å²) in [5.41, 5.74) is 5.73. The van der Waals surface area contributed by atoms with Gasteiger partial charge in [0.05, 0.1) is 12.6 Å². The molecule has 2 saturated heterocycles. The molecular formula is C13H23N3O2. The molecule has 5 heteroatoms. The Balaban J connectivity index is 1.87. The lowest BCUT2D eigenvalue weighted by Crippen LogP contribution is -2.52. The highest BCUT2D eigenvalue weighted by Crippen LogP contribution is 2.13. The van der Waals surface area contributed by atoms with Gasteiger partial charge in [-0.25, -0.2) is 0 Å². The number of nitrogens with zero attached hydrogens (tertiary/aromatic N) is 2. The summed E-state index contributed by atoms with van der Waals surface area (Å²) in [5.74, 6) is 0.0174. The molecule has 0 unspecified atom stereocenters. The van der Waals surface area contributed by atoms with Crippen molar-refractivity contribution < 1.29 is 9.59 Å². The van der Waals surface area contributed by atoms with Crippen molar-refractivity contribution in [1.82, 2.24) is 9.80 Å². The maximum atomic E-state index is 12.2. The monoisotopic (exact) mass is 253 g/mol. The summed E-state index contributed by atoms with van der Waals surface area (Å²) in [6, 6.07) is -0.407. The molecule has 1 atom stereocenters. The molecule has 0 aromatic rings. The van der Waals surface area contributed by atoms with Gasteiger partial charge in [0.15, 0.2) is 0 Å². The van der Waals surface area contributed by atoms with Crippen LogP contribution in [-0.4, -0.2) is 53.8 Å². The predicted molar refractivity (Wildman–Crippen MR) is 68.8 cm³/mol. The minimum atomic E-state index is -0.407. The first-order valence-electron chi connectivity index (χ1n) is 7.00. The maximum Gasteiger partial charge on any atom is 0.242 e. The quantitative estimate of drug-likeness (QED) is 0.771. The van der Waals surface area contributed by atoms with Crippen LogP contribution in [0.3, 0.4) is 0 Å². The van der Waals surface area contributed by atoms with Gasteiger partial charge in [-0.15, -0.1) is 0 Å². The summed E-state index contributed by atoms with van der Waals surface area (Å²) in [5, 5.41) is 0. The Labute approximate surface area is 108 Å². The van der Waals surface area contributed by atoms with Gasteiger partial charge in [0.2, 0.25) is 11.8 Å². The number of amides is 2. The maximum absolute atomic E-state index is 12.2. The standard InChI is InChI=1S/C13H23N3O2/c14-11-6-5-9-16(13(11)18)10-12(17)15-7-3-1-2-4-8-15/h11H,1-10,14H2/t11-/m1/s1. The zero-order chi connectivity index (χ0) is 13.0. The van der Waals surface area contributed by atoms with E-state index in [-0.39, 0.29) is 18.4 Å². The van der Waals surface area contributed by atoms with Crippen LogP contribution < -0.4 is 5.73 Å². The van der Waals surface area contributed by atoms with E-state index in [2.05, 4.69) is 0 Å². The Hall–Kier alpha value is -1.10. The summed E-state index contributed by atoms with van der Waals surface area (Å²) in [6.45, 7) is 2.57. The van der Waals surface area contributed by atoms with Crippen LogP contribution >= 0.6 is 0 Å². The third kappa shape index (κ3) is 3.22. The first-order chi connectivity index (χ1) is 8.68. The van der Waals surface area contributed by atoms with Crippen molar-refractivity contribution in [2.75, 3.05) is 26.2 Å². The first kappa shape index (κ1) is 13.3. The third-order valence-electron chi connectivity index (χ3n) is 3.86. The van der Waals surface area contributed by atoms with Crippen LogP contribution in [0, 0.1) is 0 Å². The van der Waals surface area contributed by atoms with Crippen LogP contribution in [0.15, 0.2) is 0 Å². The minimum Gasteiger partial charge on any atom is -0.341 e. The van der Waals surface area contributed by atoms with Gasteiger partial charge in [-0.2, -0.15) is 0 Å². The molecule has 0 aromatic carbocycles. The van der Waals surface area contributed by atoms with Crippen LogP contribution in [0.5, 0.6) is 0 Å². The molecule has 0 bridgehead atoms. The highest BCUT2D eigenvalue weighted by Gasteiger charge is 2.28. The van der Waals surface area contributed by atoms with Crippen LogP contribution in [0.4, 0.5) is 0 Å². The first-order valence-corrected chi connectivity index (χ1v) is 7.00. The van der Waals surface area contributed by atoms with E-state index in [4.69, 9.17) is 5.73 Å². The molecule has 2 fully saturated rings. The van der Waals surface area contributed by atoms with Crippen molar-refractivity contribution in [2.45, 2.75) is 44.6 Å². The highest BCUT2D eigenvalue weighted by molar-refractivity contribution is 5.87. The summed E-state index contributed by atoms with van der Waals surface area (Å²) < 4.78 is 0. The number of likely N-dealkylation sites (tertiary alicyclic amines) is 2. The molecular weight excluding hydrogens is 230 g/mol. The Morgan fingerprint density at radius 2 is 1.78 bits per heavy atom. The zero-order valence-electron chi connectivity index (χ0n) is 10.9. The number of rotatable bonds is 2. The van der Waals surface area contributed by atoms with E-state index in [1.165, 1.54) is 12.8 Å². The van der Waals surface area contributed by atoms with Crippen LogP contribution in [0.2, 0.25) is 0 Å². The van der Waals surface area contributed by atoms with Gasteiger partial charge in [0.1, 0.15) is 0 Å². The molecule has 2 aliphatic rings. The third-order valence-corrected chi connectivity index (χ3v) is 3.86. The van der Waals surface area contributed by atoms with Gasteiger partial charge in [-0.1, -0.05) is 12.8 Å². The molecule has 0 aliphatic carbocycles. The molecule has 2 heterocycles. The average Bonchev–Trinajstić information content (AvgIpc) is 2.63.